The zero-order valence-electron chi connectivity index (χ0n) is 36.4. The molecule has 0 aromatic carbocycles. The molecule has 0 unspecified atom stereocenters. The minimum absolute atomic E-state index is 0.228. The molecule has 0 heterocycles. The summed E-state index contributed by atoms with van der Waals surface area (Å²) in [6.45, 7) is 23.8. The number of hydrogen-bond acceptors (Lipinski definition) is 18. The van der Waals surface area contributed by atoms with Gasteiger partial charge >= 0.3 is 5.97 Å². The number of carbonyl (C=O) groups is 1. The van der Waals surface area contributed by atoms with E-state index in [-0.39, 0.29) is 12.4 Å². The summed E-state index contributed by atoms with van der Waals surface area (Å²) < 4.78 is 92.6. The molecule has 0 aliphatic carbocycles. The highest BCUT2D eigenvalue weighted by Gasteiger charge is 2.15. The molecule has 0 radical (unpaired) electrons. The number of ether oxygens (including phenoxy) is 17. The van der Waals surface area contributed by atoms with Gasteiger partial charge in [-0.1, -0.05) is 6.92 Å². The van der Waals surface area contributed by atoms with Crippen molar-refractivity contribution in [3.8, 4) is 0 Å². The van der Waals surface area contributed by atoms with E-state index in [1.165, 1.54) is 0 Å². The predicted molar refractivity (Wildman–Crippen MR) is 214 cm³/mol. The third-order valence-corrected chi connectivity index (χ3v) is 6.80. The molecule has 18 heteroatoms. The number of esters is 1. The summed E-state index contributed by atoms with van der Waals surface area (Å²) in [6.07, 6.45) is 1.25. The molecule has 0 atom stereocenters. The Bertz CT molecular complexity index is 791. The number of rotatable bonds is 50. The van der Waals surface area contributed by atoms with Crippen molar-refractivity contribution in [3.63, 3.8) is 0 Å². The lowest BCUT2D eigenvalue weighted by molar-refractivity contribution is -0.156. The first kappa shape index (κ1) is 56.8. The molecule has 18 nitrogen and oxygen atoms in total. The van der Waals surface area contributed by atoms with Crippen LogP contribution in [-0.2, 0) is 85.3 Å². The van der Waals surface area contributed by atoms with Crippen molar-refractivity contribution < 1.29 is 85.3 Å². The fourth-order valence-electron chi connectivity index (χ4n) is 4.09. The second-order valence-corrected chi connectivity index (χ2v) is 13.1. The second kappa shape index (κ2) is 48.5. The Morgan fingerprint density at radius 3 is 0.586 bits per heavy atom. The van der Waals surface area contributed by atoms with Gasteiger partial charge in [0.05, 0.1) is 211 Å². The average Bonchev–Trinajstić information content (AvgIpc) is 3.19. The summed E-state index contributed by atoms with van der Waals surface area (Å²) in [5.41, 5.74) is -0.478. The number of hydrogen-bond donors (Lipinski definition) is 0. The van der Waals surface area contributed by atoms with Crippen molar-refractivity contribution in [2.24, 2.45) is 0 Å². The van der Waals surface area contributed by atoms with Crippen LogP contribution >= 0.6 is 0 Å². The molecule has 58 heavy (non-hydrogen) atoms. The Kier molecular flexibility index (Phi) is 47.5. The Labute approximate surface area is 348 Å². The van der Waals surface area contributed by atoms with Crippen LogP contribution in [0.25, 0.3) is 0 Å². The van der Waals surface area contributed by atoms with E-state index in [0.29, 0.717) is 205 Å². The molecule has 0 amide bonds. The first-order valence-corrected chi connectivity index (χ1v) is 20.9. The number of carbonyl (C=O) groups excluding carboxylic acids is 1. The molecule has 0 aromatic rings. The van der Waals surface area contributed by atoms with Crippen molar-refractivity contribution in [2.45, 2.75) is 46.1 Å². The van der Waals surface area contributed by atoms with Gasteiger partial charge in [0.15, 0.2) is 0 Å². The van der Waals surface area contributed by atoms with E-state index >= 15 is 0 Å². The summed E-state index contributed by atoms with van der Waals surface area (Å²) in [7, 11) is 0. The van der Waals surface area contributed by atoms with Crippen LogP contribution in [0.3, 0.4) is 0 Å². The normalized spacial score (nSPS) is 11.9. The molecule has 0 aromatic heterocycles. The van der Waals surface area contributed by atoms with Gasteiger partial charge in [-0.15, -0.1) is 0 Å². The maximum atomic E-state index is 11.6. The van der Waals surface area contributed by atoms with Gasteiger partial charge in [-0.2, -0.15) is 0 Å². The summed E-state index contributed by atoms with van der Waals surface area (Å²) in [5.74, 6) is -0.267. The van der Waals surface area contributed by atoms with Crippen LogP contribution in [0, 0.1) is 0 Å². The first-order valence-electron chi connectivity index (χ1n) is 20.9. The van der Waals surface area contributed by atoms with Crippen LogP contribution in [-0.4, -0.2) is 223 Å². The van der Waals surface area contributed by atoms with Crippen molar-refractivity contribution in [1.29, 1.82) is 0 Å². The predicted octanol–water partition coefficient (Wildman–Crippen LogP) is 2.39. The lowest BCUT2D eigenvalue weighted by Gasteiger charge is -2.19. The van der Waals surface area contributed by atoms with Gasteiger partial charge in [-0.3, -0.25) is 4.79 Å². The van der Waals surface area contributed by atoms with Crippen LogP contribution < -0.4 is 0 Å². The zero-order valence-corrected chi connectivity index (χ0v) is 36.4. The highest BCUT2D eigenvalue weighted by molar-refractivity contribution is 5.69. The zero-order chi connectivity index (χ0) is 42.1. The lowest BCUT2D eigenvalue weighted by Crippen LogP contribution is -2.24. The van der Waals surface area contributed by atoms with Gasteiger partial charge in [0.2, 0.25) is 0 Å². The summed E-state index contributed by atoms with van der Waals surface area (Å²) in [5, 5.41) is 0. The fraction of sp³-hybridized carbons (Fsp3) is 0.975. The van der Waals surface area contributed by atoms with Crippen molar-refractivity contribution in [2.75, 3.05) is 211 Å². The average molecular weight is 849 g/mol. The molecule has 0 saturated heterocycles. The maximum absolute atomic E-state index is 11.6. The molecular formula is C40H80O18. The standard InChI is InChI=1S/C40H80O18/c1-5-7-42-9-11-44-13-15-46-17-19-48-21-23-50-25-27-52-29-31-54-33-35-56-37-38-57-36-34-55-32-30-53-28-26-51-24-22-49-20-18-47-16-14-45-12-10-43-8-6-39(41)58-40(2,3)4/h5-38H2,1-4H3. The molecule has 0 saturated carbocycles. The van der Waals surface area contributed by atoms with E-state index in [1.54, 1.807) is 0 Å². The Morgan fingerprint density at radius 1 is 0.276 bits per heavy atom. The molecule has 0 aliphatic heterocycles. The fourth-order valence-corrected chi connectivity index (χ4v) is 4.09. The quantitative estimate of drug-likeness (QED) is 0.0644. The SMILES string of the molecule is CCCOCCOCCOCCOCCOCCOCCOCCOCCOCCOCCOCCOCCOCCOCCOCCOCCC(=O)OC(C)(C)C. The van der Waals surface area contributed by atoms with E-state index in [9.17, 15) is 4.79 Å². The van der Waals surface area contributed by atoms with Crippen LogP contribution in [0.1, 0.15) is 40.5 Å². The molecular weight excluding hydrogens is 768 g/mol. The molecule has 0 aliphatic rings. The van der Waals surface area contributed by atoms with Crippen molar-refractivity contribution >= 4 is 5.97 Å². The lowest BCUT2D eigenvalue weighted by atomic mass is 10.2. The Morgan fingerprint density at radius 2 is 0.431 bits per heavy atom. The summed E-state index contributed by atoms with van der Waals surface area (Å²) in [4.78, 5) is 11.6. The Hall–Kier alpha value is -1.17. The largest absolute Gasteiger partial charge is 0.460 e. The van der Waals surface area contributed by atoms with Gasteiger partial charge in [-0.05, 0) is 27.2 Å². The summed E-state index contributed by atoms with van der Waals surface area (Å²) >= 11 is 0. The minimum atomic E-state index is -0.478. The smallest absolute Gasteiger partial charge is 0.308 e. The maximum Gasteiger partial charge on any atom is 0.308 e. The van der Waals surface area contributed by atoms with Gasteiger partial charge in [-0.25, -0.2) is 0 Å². The second-order valence-electron chi connectivity index (χ2n) is 13.1. The third-order valence-electron chi connectivity index (χ3n) is 6.80. The van der Waals surface area contributed by atoms with Crippen molar-refractivity contribution in [1.82, 2.24) is 0 Å². The monoisotopic (exact) mass is 849 g/mol. The van der Waals surface area contributed by atoms with Crippen LogP contribution in [0.15, 0.2) is 0 Å². The Balaban J connectivity index is 3.09. The molecule has 0 N–H and O–H groups in total. The van der Waals surface area contributed by atoms with E-state index < -0.39 is 5.60 Å². The summed E-state index contributed by atoms with van der Waals surface area (Å²) in [6, 6.07) is 0. The van der Waals surface area contributed by atoms with E-state index in [4.69, 9.17) is 80.5 Å². The van der Waals surface area contributed by atoms with Gasteiger partial charge in [0.25, 0.3) is 0 Å². The topological polar surface area (TPSA) is 174 Å². The third kappa shape index (κ3) is 52.8. The van der Waals surface area contributed by atoms with Crippen molar-refractivity contribution in [3.05, 3.63) is 0 Å². The molecule has 0 fully saturated rings. The molecule has 0 rings (SSSR count). The van der Waals surface area contributed by atoms with Crippen LogP contribution in [0.2, 0.25) is 0 Å². The van der Waals surface area contributed by atoms with E-state index in [0.717, 1.165) is 13.0 Å². The van der Waals surface area contributed by atoms with Gasteiger partial charge in [0.1, 0.15) is 5.60 Å². The van der Waals surface area contributed by atoms with E-state index in [2.05, 4.69) is 6.92 Å². The van der Waals surface area contributed by atoms with Gasteiger partial charge in [0, 0.05) is 6.61 Å². The van der Waals surface area contributed by atoms with Gasteiger partial charge < -0.3 is 80.5 Å². The first-order chi connectivity index (χ1) is 28.5. The highest BCUT2D eigenvalue weighted by Crippen LogP contribution is 2.08. The molecule has 0 spiro atoms. The van der Waals surface area contributed by atoms with E-state index in [1.807, 2.05) is 20.8 Å². The highest BCUT2D eigenvalue weighted by atomic mass is 16.6. The molecule has 0 bridgehead atoms. The molecule has 348 valence electrons. The van der Waals surface area contributed by atoms with Crippen LogP contribution in [0.5, 0.6) is 0 Å². The minimum Gasteiger partial charge on any atom is -0.460 e. The van der Waals surface area contributed by atoms with Crippen LogP contribution in [0.4, 0.5) is 0 Å².